The molecule has 0 bridgehead atoms. The van der Waals surface area contributed by atoms with E-state index in [1.807, 2.05) is 20.8 Å². The Morgan fingerprint density at radius 1 is 1.00 bits per heavy atom. The Hall–Kier alpha value is 0.934. The Morgan fingerprint density at radius 3 is 1.81 bits per heavy atom. The molecule has 0 saturated carbocycles. The maximum atomic E-state index is 6.22. The summed E-state index contributed by atoms with van der Waals surface area (Å²) in [6, 6.07) is 0. The van der Waals surface area contributed by atoms with Crippen LogP contribution in [-0.4, -0.2) is 37.6 Å². The Balaban J connectivity index is 4.64. The minimum Gasteiger partial charge on any atom is -0.303 e. The van der Waals surface area contributed by atoms with Crippen LogP contribution in [0.4, 0.5) is 0 Å². The molecule has 0 aromatic carbocycles. The van der Waals surface area contributed by atoms with Crippen molar-refractivity contribution in [1.82, 2.24) is 0 Å². The van der Waals surface area contributed by atoms with E-state index in [4.69, 9.17) is 44.3 Å². The van der Waals surface area contributed by atoms with Crippen molar-refractivity contribution in [3.63, 3.8) is 0 Å². The van der Waals surface area contributed by atoms with Gasteiger partial charge >= 0.3 is 0 Å². The van der Waals surface area contributed by atoms with Gasteiger partial charge in [0.05, 0.1) is 5.54 Å². The zero-order valence-electron chi connectivity index (χ0n) is 9.77. The van der Waals surface area contributed by atoms with Gasteiger partial charge in [0.15, 0.2) is 0 Å². The van der Waals surface area contributed by atoms with Crippen LogP contribution in [0.3, 0.4) is 0 Å². The monoisotopic (exact) mass is 336 g/mol. The van der Waals surface area contributed by atoms with E-state index in [0.29, 0.717) is 5.67 Å². The fraction of sp³-hybridized carbons (Fsp3) is 0.750. The molecule has 94 valence electrons. The fourth-order valence-electron chi connectivity index (χ4n) is 0.882. The van der Waals surface area contributed by atoms with Gasteiger partial charge in [-0.2, -0.15) is 0 Å². The van der Waals surface area contributed by atoms with E-state index in [9.17, 15) is 0 Å². The van der Waals surface area contributed by atoms with Crippen LogP contribution in [0.5, 0.6) is 0 Å². The molecule has 0 atom stereocenters. The number of nitrogens with zero attached hydrogens (tertiary/aromatic N) is 2. The minimum absolute atomic E-state index is 0.191. The van der Waals surface area contributed by atoms with Gasteiger partial charge in [-0.05, 0) is 20.8 Å². The summed E-state index contributed by atoms with van der Waals surface area (Å²) in [5, 5.41) is 0. The molecule has 0 aliphatic carbocycles. The number of rotatable bonds is 4. The Bertz CT molecular complexity index is 284. The third-order valence-corrected chi connectivity index (χ3v) is 12.3. The molecule has 0 amide bonds. The summed E-state index contributed by atoms with van der Waals surface area (Å²) in [4.78, 5) is 8.14. The molecule has 0 aromatic rings. The van der Waals surface area contributed by atoms with Gasteiger partial charge in [-0.3, -0.25) is 4.99 Å². The number of hydrogen-bond donors (Lipinski definition) is 0. The lowest BCUT2D eigenvalue weighted by molar-refractivity contribution is 0.587. The third kappa shape index (κ3) is 9.01. The van der Waals surface area contributed by atoms with Gasteiger partial charge in [-0.25, -0.2) is 0 Å². The highest BCUT2D eigenvalue weighted by molar-refractivity contribution is 7.66. The van der Waals surface area contributed by atoms with Crippen molar-refractivity contribution in [3.8, 4) is 0 Å². The largest absolute Gasteiger partial charge is 0.303 e. The average molecular weight is 338 g/mol. The normalized spacial score (nSPS) is 15.2. The van der Waals surface area contributed by atoms with Crippen LogP contribution in [0.15, 0.2) is 9.98 Å². The van der Waals surface area contributed by atoms with Crippen LogP contribution < -0.4 is 0 Å². The molecule has 2 nitrogen and oxygen atoms in total. The fourth-order valence-corrected chi connectivity index (χ4v) is 16.0. The Labute approximate surface area is 118 Å². The van der Waals surface area contributed by atoms with Crippen LogP contribution in [-0.2, 0) is 0 Å². The van der Waals surface area contributed by atoms with Crippen molar-refractivity contribution in [2.45, 2.75) is 32.0 Å². The second kappa shape index (κ2) is 6.20. The highest BCUT2D eigenvalue weighted by Crippen LogP contribution is 2.30. The number of halogens is 4. The van der Waals surface area contributed by atoms with Gasteiger partial charge in [0, 0.05) is 24.4 Å². The number of aliphatic imine (C=N–C) groups is 2. The third-order valence-electron chi connectivity index (χ3n) is 1.43. The van der Waals surface area contributed by atoms with Crippen LogP contribution >= 0.6 is 44.3 Å². The SMILES string of the molecule is CN=C[Si](Cl)(Cl)C[Si](Cl)(Cl)C=NC(C)(C)C. The first-order chi connectivity index (χ1) is 6.97. The first-order valence-electron chi connectivity index (χ1n) is 4.73. The summed E-state index contributed by atoms with van der Waals surface area (Å²) < 4.78 is 0. The van der Waals surface area contributed by atoms with Crippen molar-refractivity contribution in [1.29, 1.82) is 0 Å². The van der Waals surface area contributed by atoms with Crippen LogP contribution in [0, 0.1) is 0 Å². The summed E-state index contributed by atoms with van der Waals surface area (Å²) >= 11 is 24.7. The van der Waals surface area contributed by atoms with Crippen LogP contribution in [0.2, 0.25) is 5.67 Å². The van der Waals surface area contributed by atoms with Gasteiger partial charge in [0.2, 0.25) is 0 Å². The van der Waals surface area contributed by atoms with Gasteiger partial charge in [-0.1, -0.05) is 0 Å². The quantitative estimate of drug-likeness (QED) is 0.420. The molecule has 0 unspecified atom stereocenters. The van der Waals surface area contributed by atoms with Crippen molar-refractivity contribution in [3.05, 3.63) is 0 Å². The molecule has 0 saturated heterocycles. The minimum atomic E-state index is -2.63. The van der Waals surface area contributed by atoms with E-state index >= 15 is 0 Å². The molecule has 16 heavy (non-hydrogen) atoms. The molecule has 8 heteroatoms. The van der Waals surface area contributed by atoms with Crippen molar-refractivity contribution < 1.29 is 0 Å². The molecular formula is C8H16Cl4N2Si2. The van der Waals surface area contributed by atoms with Crippen molar-refractivity contribution in [2.24, 2.45) is 9.98 Å². The topological polar surface area (TPSA) is 24.7 Å². The summed E-state index contributed by atoms with van der Waals surface area (Å²) in [5.41, 5.74) is 0.201. The van der Waals surface area contributed by atoms with E-state index in [1.54, 1.807) is 18.7 Å². The molecule has 0 spiro atoms. The van der Waals surface area contributed by atoms with E-state index in [-0.39, 0.29) is 5.54 Å². The van der Waals surface area contributed by atoms with E-state index in [1.165, 1.54) is 0 Å². The molecular weight excluding hydrogens is 322 g/mol. The standard InChI is InChI=1S/C8H16Cl4N2Si2/c1-8(2,3)14-6-16(11,12)7-15(9,10)5-13-4/h5-6H,7H2,1-4H3. The van der Waals surface area contributed by atoms with Crippen LogP contribution in [0.25, 0.3) is 0 Å². The van der Waals surface area contributed by atoms with Gasteiger partial charge < -0.3 is 4.99 Å². The van der Waals surface area contributed by atoms with Gasteiger partial charge in [0.25, 0.3) is 13.4 Å². The molecule has 0 heterocycles. The zero-order chi connectivity index (χ0) is 13.0. The average Bonchev–Trinajstić information content (AvgIpc) is 1.97. The summed E-state index contributed by atoms with van der Waals surface area (Å²) in [6.45, 7) is 0.719. The zero-order valence-corrected chi connectivity index (χ0v) is 14.8. The van der Waals surface area contributed by atoms with Crippen molar-refractivity contribution in [2.75, 3.05) is 7.05 Å². The highest BCUT2D eigenvalue weighted by Gasteiger charge is 2.40. The lowest BCUT2D eigenvalue weighted by Gasteiger charge is -2.19. The maximum absolute atomic E-state index is 6.22. The molecule has 0 rings (SSSR count). The molecule has 0 aliphatic heterocycles. The van der Waals surface area contributed by atoms with Gasteiger partial charge in [0.1, 0.15) is 0 Å². The smallest absolute Gasteiger partial charge is 0.291 e. The lowest BCUT2D eigenvalue weighted by atomic mass is 10.1. The maximum Gasteiger partial charge on any atom is 0.291 e. The van der Waals surface area contributed by atoms with E-state index in [0.717, 1.165) is 0 Å². The Morgan fingerprint density at radius 2 is 1.44 bits per heavy atom. The molecule has 0 aliphatic rings. The van der Waals surface area contributed by atoms with Gasteiger partial charge in [-0.15, -0.1) is 44.3 Å². The van der Waals surface area contributed by atoms with Crippen molar-refractivity contribution >= 4 is 69.4 Å². The molecule has 0 fully saturated rings. The predicted molar refractivity (Wildman–Crippen MR) is 82.4 cm³/mol. The summed E-state index contributed by atoms with van der Waals surface area (Å²) in [5.74, 6) is 3.19. The summed E-state index contributed by atoms with van der Waals surface area (Å²) in [6.07, 6.45) is 0. The summed E-state index contributed by atoms with van der Waals surface area (Å²) in [7, 11) is 1.63. The lowest BCUT2D eigenvalue weighted by Crippen LogP contribution is -2.36. The first kappa shape index (κ1) is 16.9. The molecule has 0 N–H and O–H groups in total. The van der Waals surface area contributed by atoms with Crippen LogP contribution in [0.1, 0.15) is 20.8 Å². The first-order valence-corrected chi connectivity index (χ1v) is 13.3. The predicted octanol–water partition coefficient (Wildman–Crippen LogP) is 4.01. The molecule has 0 aromatic heterocycles. The number of hydrogen-bond acceptors (Lipinski definition) is 2. The second-order valence-electron chi connectivity index (χ2n) is 4.52. The molecule has 0 radical (unpaired) electrons. The highest BCUT2D eigenvalue weighted by atomic mass is 35.7. The second-order valence-corrected chi connectivity index (χ2v) is 18.7. The Kier molecular flexibility index (Phi) is 6.57. The van der Waals surface area contributed by atoms with E-state index in [2.05, 4.69) is 9.98 Å². The van der Waals surface area contributed by atoms with E-state index < -0.39 is 13.4 Å².